The van der Waals surface area contributed by atoms with Crippen LogP contribution >= 0.6 is 0 Å². The molecule has 0 spiro atoms. The van der Waals surface area contributed by atoms with Crippen LogP contribution in [-0.2, 0) is 25.3 Å². The summed E-state index contributed by atoms with van der Waals surface area (Å²) in [5.41, 5.74) is 2.09. The van der Waals surface area contributed by atoms with Crippen LogP contribution in [-0.4, -0.2) is 62.6 Å². The van der Waals surface area contributed by atoms with Crippen molar-refractivity contribution in [3.8, 4) is 5.75 Å². The monoisotopic (exact) mass is 646 g/mol. The standard InChI is InChI=1S/C38H50O7Si/c1-28-22-33(24-30(39)25-37(40)41)45-34(23-28)26-32(43-27-29-16-18-31(42-5)19-17-29)20-21-44-46(38(2,3)4,35-12-8-6-9-13-35)36-14-10-7-11-15-36/h6-19,30,32-34,39H,1,20-27H2,2-5H3,(H,40,41)/t30?,32-,33?,34?/m0/s1. The molecule has 0 aromatic heterocycles. The van der Waals surface area contributed by atoms with Gasteiger partial charge in [0.2, 0.25) is 0 Å². The second-order valence-corrected chi connectivity index (χ2v) is 17.6. The number of benzene rings is 3. The Morgan fingerprint density at radius 2 is 1.50 bits per heavy atom. The molecule has 4 atom stereocenters. The highest BCUT2D eigenvalue weighted by Crippen LogP contribution is 2.37. The molecule has 0 bridgehead atoms. The Morgan fingerprint density at radius 3 is 2.02 bits per heavy atom. The van der Waals surface area contributed by atoms with Gasteiger partial charge < -0.3 is 28.8 Å². The fraction of sp³-hybridized carbons (Fsp3) is 0.447. The van der Waals surface area contributed by atoms with Gasteiger partial charge in [-0.3, -0.25) is 4.79 Å². The van der Waals surface area contributed by atoms with Crippen molar-refractivity contribution >= 4 is 24.7 Å². The molecule has 3 aromatic rings. The zero-order valence-electron chi connectivity index (χ0n) is 27.7. The number of methoxy groups -OCH3 is 1. The minimum Gasteiger partial charge on any atom is -0.497 e. The van der Waals surface area contributed by atoms with Crippen LogP contribution in [0, 0.1) is 0 Å². The number of aliphatic hydroxyl groups excluding tert-OH is 1. The Hall–Kier alpha value is -3.27. The van der Waals surface area contributed by atoms with E-state index in [0.717, 1.165) is 16.9 Å². The molecule has 0 aliphatic carbocycles. The predicted octanol–water partition coefficient (Wildman–Crippen LogP) is 6.27. The number of ether oxygens (including phenoxy) is 3. The van der Waals surface area contributed by atoms with Gasteiger partial charge in [-0.25, -0.2) is 0 Å². The van der Waals surface area contributed by atoms with Crippen molar-refractivity contribution in [2.24, 2.45) is 0 Å². The summed E-state index contributed by atoms with van der Waals surface area (Å²) in [6.07, 6.45) is 1.00. The average Bonchev–Trinajstić information content (AvgIpc) is 3.01. The number of hydrogen-bond donors (Lipinski definition) is 2. The Balaban J connectivity index is 1.54. The first-order valence-electron chi connectivity index (χ1n) is 16.2. The van der Waals surface area contributed by atoms with Gasteiger partial charge in [-0.15, -0.1) is 0 Å². The molecule has 7 nitrogen and oxygen atoms in total. The quantitative estimate of drug-likeness (QED) is 0.140. The summed E-state index contributed by atoms with van der Waals surface area (Å²) in [6.45, 7) is 12.0. The molecule has 0 saturated carbocycles. The Morgan fingerprint density at radius 1 is 0.935 bits per heavy atom. The van der Waals surface area contributed by atoms with Crippen LogP contribution < -0.4 is 15.1 Å². The van der Waals surface area contributed by atoms with Crippen LogP contribution in [0.4, 0.5) is 0 Å². The maximum atomic E-state index is 11.1. The van der Waals surface area contributed by atoms with Crippen molar-refractivity contribution < 1.29 is 33.6 Å². The van der Waals surface area contributed by atoms with E-state index in [-0.39, 0.29) is 36.2 Å². The van der Waals surface area contributed by atoms with Crippen molar-refractivity contribution in [2.45, 2.75) is 95.4 Å². The lowest BCUT2D eigenvalue weighted by Gasteiger charge is -2.43. The average molecular weight is 647 g/mol. The van der Waals surface area contributed by atoms with Crippen LogP contribution in [0.3, 0.4) is 0 Å². The molecule has 3 unspecified atom stereocenters. The first-order chi connectivity index (χ1) is 22.0. The first kappa shape index (κ1) is 35.6. The van der Waals surface area contributed by atoms with Gasteiger partial charge in [-0.1, -0.05) is 106 Å². The smallest absolute Gasteiger partial charge is 0.305 e. The van der Waals surface area contributed by atoms with E-state index in [0.29, 0.717) is 38.9 Å². The number of hydrogen-bond acceptors (Lipinski definition) is 6. The molecule has 0 radical (unpaired) electrons. The number of carbonyl (C=O) groups is 1. The Labute approximate surface area is 275 Å². The van der Waals surface area contributed by atoms with E-state index in [9.17, 15) is 9.90 Å². The van der Waals surface area contributed by atoms with Crippen molar-refractivity contribution in [1.29, 1.82) is 0 Å². The molecule has 46 heavy (non-hydrogen) atoms. The number of aliphatic hydroxyl groups is 1. The maximum Gasteiger partial charge on any atom is 0.305 e. The Bertz CT molecular complexity index is 1330. The molecule has 1 aliphatic rings. The summed E-state index contributed by atoms with van der Waals surface area (Å²) in [6, 6.07) is 29.1. The van der Waals surface area contributed by atoms with Crippen LogP contribution in [0.1, 0.15) is 64.9 Å². The summed E-state index contributed by atoms with van der Waals surface area (Å²) < 4.78 is 25.5. The highest BCUT2D eigenvalue weighted by molar-refractivity contribution is 6.99. The van der Waals surface area contributed by atoms with E-state index < -0.39 is 20.4 Å². The van der Waals surface area contributed by atoms with Gasteiger partial charge in [0.05, 0.1) is 44.6 Å². The van der Waals surface area contributed by atoms with Crippen LogP contribution in [0.5, 0.6) is 5.75 Å². The zero-order chi connectivity index (χ0) is 33.2. The minimum absolute atomic E-state index is 0.136. The van der Waals surface area contributed by atoms with E-state index in [1.807, 2.05) is 36.4 Å². The lowest BCUT2D eigenvalue weighted by atomic mass is 9.92. The van der Waals surface area contributed by atoms with Gasteiger partial charge in [-0.2, -0.15) is 0 Å². The predicted molar refractivity (Wildman–Crippen MR) is 184 cm³/mol. The van der Waals surface area contributed by atoms with Gasteiger partial charge in [0.1, 0.15) is 5.75 Å². The van der Waals surface area contributed by atoms with Crippen LogP contribution in [0.25, 0.3) is 0 Å². The van der Waals surface area contributed by atoms with E-state index in [1.54, 1.807) is 7.11 Å². The molecule has 8 heteroatoms. The van der Waals surface area contributed by atoms with Gasteiger partial charge in [0.15, 0.2) is 0 Å². The summed E-state index contributed by atoms with van der Waals surface area (Å²) >= 11 is 0. The number of carboxylic acids is 1. The Kier molecular flexibility index (Phi) is 12.8. The summed E-state index contributed by atoms with van der Waals surface area (Å²) in [4.78, 5) is 11.1. The SMILES string of the molecule is C=C1CC(CC(O)CC(=O)O)OC(C[C@H](CCO[Si](c2ccccc2)(c2ccccc2)C(C)(C)C)OCc2ccc(OC)cc2)C1. The molecule has 1 aliphatic heterocycles. The highest BCUT2D eigenvalue weighted by Gasteiger charge is 2.50. The normalized spacial score (nSPS) is 18.6. The van der Waals surface area contributed by atoms with Crippen molar-refractivity contribution in [2.75, 3.05) is 13.7 Å². The minimum atomic E-state index is -2.71. The van der Waals surface area contributed by atoms with E-state index >= 15 is 0 Å². The van der Waals surface area contributed by atoms with E-state index in [4.69, 9.17) is 23.7 Å². The molecular weight excluding hydrogens is 596 g/mol. The molecule has 2 N–H and O–H groups in total. The van der Waals surface area contributed by atoms with Crippen LogP contribution in [0.15, 0.2) is 97.1 Å². The van der Waals surface area contributed by atoms with Gasteiger partial charge >= 0.3 is 5.97 Å². The second-order valence-electron chi connectivity index (χ2n) is 13.3. The number of aliphatic carboxylic acids is 1. The summed E-state index contributed by atoms with van der Waals surface area (Å²) in [7, 11) is -1.06. The van der Waals surface area contributed by atoms with Crippen molar-refractivity contribution in [1.82, 2.24) is 0 Å². The van der Waals surface area contributed by atoms with Gasteiger partial charge in [0, 0.05) is 19.4 Å². The largest absolute Gasteiger partial charge is 0.497 e. The number of carboxylic acid groups (broad SMARTS) is 1. The molecular formula is C38H50O7Si. The van der Waals surface area contributed by atoms with Crippen molar-refractivity contribution in [3.05, 3.63) is 103 Å². The topological polar surface area (TPSA) is 94.5 Å². The third-order valence-corrected chi connectivity index (χ3v) is 13.8. The molecule has 0 amide bonds. The summed E-state index contributed by atoms with van der Waals surface area (Å²) in [5, 5.41) is 21.7. The zero-order valence-corrected chi connectivity index (χ0v) is 28.7. The molecule has 1 fully saturated rings. The molecule has 4 rings (SSSR count). The third-order valence-electron chi connectivity index (χ3n) is 8.71. The summed E-state index contributed by atoms with van der Waals surface area (Å²) in [5.74, 6) is -0.226. The van der Waals surface area contributed by atoms with E-state index in [1.165, 1.54) is 10.4 Å². The van der Waals surface area contributed by atoms with Crippen molar-refractivity contribution in [3.63, 3.8) is 0 Å². The second kappa shape index (κ2) is 16.5. The fourth-order valence-corrected chi connectivity index (χ4v) is 11.1. The molecule has 3 aromatic carbocycles. The van der Waals surface area contributed by atoms with Gasteiger partial charge in [-0.05, 0) is 52.4 Å². The van der Waals surface area contributed by atoms with Gasteiger partial charge in [0.25, 0.3) is 8.32 Å². The molecule has 248 valence electrons. The lowest BCUT2D eigenvalue weighted by Crippen LogP contribution is -2.66. The molecule has 1 saturated heterocycles. The molecule has 1 heterocycles. The lowest BCUT2D eigenvalue weighted by molar-refractivity contribution is -0.140. The third kappa shape index (κ3) is 9.62. The van der Waals surface area contributed by atoms with Crippen LogP contribution in [0.2, 0.25) is 5.04 Å². The fourth-order valence-electron chi connectivity index (χ4n) is 6.57. The maximum absolute atomic E-state index is 11.1. The highest BCUT2D eigenvalue weighted by atomic mass is 28.4. The number of rotatable bonds is 16. The van der Waals surface area contributed by atoms with E-state index in [2.05, 4.69) is 75.9 Å². The first-order valence-corrected chi connectivity index (χ1v) is 18.1.